The lowest BCUT2D eigenvalue weighted by atomic mass is 9.60. The average molecular weight is 303 g/mol. The fraction of sp³-hybridized carbons (Fsp3) is 0.667. The van der Waals surface area contributed by atoms with Gasteiger partial charge in [0.05, 0.1) is 11.1 Å². The van der Waals surface area contributed by atoms with E-state index in [-0.39, 0.29) is 17.5 Å². The Balaban J connectivity index is 2.05. The molecule has 1 N–H and O–H groups in total. The minimum Gasteiger partial charge on any atom is -0.461 e. The molecule has 0 aromatic heterocycles. The van der Waals surface area contributed by atoms with Crippen LogP contribution in [-0.4, -0.2) is 23.0 Å². The van der Waals surface area contributed by atoms with Crippen LogP contribution in [0.1, 0.15) is 52.9 Å². The van der Waals surface area contributed by atoms with E-state index in [0.29, 0.717) is 12.3 Å². The van der Waals surface area contributed by atoms with Gasteiger partial charge in [0.25, 0.3) is 0 Å². The molecule has 0 saturated carbocycles. The highest BCUT2D eigenvalue weighted by Crippen LogP contribution is 2.56. The van der Waals surface area contributed by atoms with Crippen molar-refractivity contribution in [2.75, 3.05) is 0 Å². The van der Waals surface area contributed by atoms with Crippen LogP contribution in [0.15, 0.2) is 29.0 Å². The molecule has 0 bridgehead atoms. The Hall–Kier alpha value is -1.58. The molecular formula is C18H25NO3. The maximum Gasteiger partial charge on any atom is 0.316 e. The second-order valence-electron chi connectivity index (χ2n) is 7.47. The summed E-state index contributed by atoms with van der Waals surface area (Å²) in [6, 6.07) is 0. The van der Waals surface area contributed by atoms with Crippen molar-refractivity contribution in [2.24, 2.45) is 21.9 Å². The maximum absolute atomic E-state index is 12.3. The molecule has 3 rings (SSSR count). The van der Waals surface area contributed by atoms with Crippen molar-refractivity contribution in [3.8, 4) is 0 Å². The Morgan fingerprint density at radius 1 is 1.36 bits per heavy atom. The summed E-state index contributed by atoms with van der Waals surface area (Å²) in [5.74, 6) is 0.195. The highest BCUT2D eigenvalue weighted by molar-refractivity contribution is 6.04. The number of esters is 1. The minimum atomic E-state index is -0.610. The van der Waals surface area contributed by atoms with Gasteiger partial charge >= 0.3 is 5.97 Å². The monoisotopic (exact) mass is 303 g/mol. The minimum absolute atomic E-state index is 0.182. The molecule has 2 aliphatic carbocycles. The Labute approximate surface area is 131 Å². The number of nitrogens with zero attached hydrogens (tertiary/aromatic N) is 1. The molecule has 0 radical (unpaired) electrons. The van der Waals surface area contributed by atoms with Gasteiger partial charge < -0.3 is 9.94 Å². The molecule has 0 amide bonds. The van der Waals surface area contributed by atoms with E-state index in [0.717, 1.165) is 37.0 Å². The van der Waals surface area contributed by atoms with Crippen LogP contribution in [0.5, 0.6) is 0 Å². The standard InChI is InChI=1S/C18H25NO3/c1-5-17(3)10-14(22-16(17)20)18(4)11(2)6-7-12-8-9-13(19-21)15(12)18/h5,11,14,21H,1,6-10H2,2-4H3/b19-13+/t11-,14-,17-,18+/m1/s1. The molecule has 3 aliphatic rings. The number of allylic oxidation sites excluding steroid dienone is 1. The summed E-state index contributed by atoms with van der Waals surface area (Å²) in [4.78, 5) is 12.3. The van der Waals surface area contributed by atoms with Gasteiger partial charge in [-0.1, -0.05) is 30.7 Å². The van der Waals surface area contributed by atoms with Gasteiger partial charge in [0, 0.05) is 11.8 Å². The average Bonchev–Trinajstić information content (AvgIpc) is 3.06. The van der Waals surface area contributed by atoms with Crippen molar-refractivity contribution in [1.29, 1.82) is 0 Å². The summed E-state index contributed by atoms with van der Waals surface area (Å²) in [7, 11) is 0. The number of carbonyl (C=O) groups is 1. The number of hydrogen-bond donors (Lipinski definition) is 1. The summed E-state index contributed by atoms with van der Waals surface area (Å²) in [6.07, 6.45) is 6.08. The predicted molar refractivity (Wildman–Crippen MR) is 84.8 cm³/mol. The van der Waals surface area contributed by atoms with Crippen molar-refractivity contribution >= 4 is 11.7 Å². The van der Waals surface area contributed by atoms with Gasteiger partial charge in [-0.15, -0.1) is 6.58 Å². The molecule has 4 heteroatoms. The van der Waals surface area contributed by atoms with Gasteiger partial charge in [-0.3, -0.25) is 4.79 Å². The van der Waals surface area contributed by atoms with E-state index in [1.54, 1.807) is 6.08 Å². The Kier molecular flexibility index (Phi) is 3.46. The zero-order valence-electron chi connectivity index (χ0n) is 13.7. The molecule has 1 fully saturated rings. The molecule has 1 saturated heterocycles. The maximum atomic E-state index is 12.3. The van der Waals surface area contributed by atoms with E-state index in [1.165, 1.54) is 5.57 Å². The largest absolute Gasteiger partial charge is 0.461 e. The zero-order valence-corrected chi connectivity index (χ0v) is 13.7. The molecule has 1 aliphatic heterocycles. The fourth-order valence-electron chi connectivity index (χ4n) is 4.46. The summed E-state index contributed by atoms with van der Waals surface area (Å²) in [6.45, 7) is 10.1. The van der Waals surface area contributed by atoms with Gasteiger partial charge in [0.2, 0.25) is 0 Å². The van der Waals surface area contributed by atoms with Crippen LogP contribution in [0.3, 0.4) is 0 Å². The third kappa shape index (κ3) is 1.89. The number of rotatable bonds is 2. The molecule has 1 heterocycles. The van der Waals surface area contributed by atoms with Crippen molar-refractivity contribution in [2.45, 2.75) is 59.0 Å². The molecule has 0 unspecified atom stereocenters. The van der Waals surface area contributed by atoms with Gasteiger partial charge in [-0.05, 0) is 44.1 Å². The van der Waals surface area contributed by atoms with Gasteiger partial charge in [0.1, 0.15) is 6.10 Å². The third-order valence-electron chi connectivity index (χ3n) is 6.31. The second kappa shape index (κ2) is 4.97. The van der Waals surface area contributed by atoms with Crippen molar-refractivity contribution in [1.82, 2.24) is 0 Å². The van der Waals surface area contributed by atoms with Crippen molar-refractivity contribution < 1.29 is 14.7 Å². The lowest BCUT2D eigenvalue weighted by Gasteiger charge is -2.44. The van der Waals surface area contributed by atoms with Crippen molar-refractivity contribution in [3.05, 3.63) is 23.8 Å². The van der Waals surface area contributed by atoms with Crippen LogP contribution in [0.2, 0.25) is 0 Å². The number of oxime groups is 1. The first-order valence-electron chi connectivity index (χ1n) is 8.15. The SMILES string of the molecule is C=C[C@]1(C)C[C@H]([C@@]2(C)C3=C(CC/C3=N\O)CC[C@H]2C)OC1=O. The molecular weight excluding hydrogens is 278 g/mol. The van der Waals surface area contributed by atoms with E-state index in [1.807, 2.05) is 6.92 Å². The van der Waals surface area contributed by atoms with Crippen LogP contribution in [0, 0.1) is 16.7 Å². The summed E-state index contributed by atoms with van der Waals surface area (Å²) < 4.78 is 5.80. The van der Waals surface area contributed by atoms with E-state index in [9.17, 15) is 10.0 Å². The number of hydrogen-bond acceptors (Lipinski definition) is 4. The van der Waals surface area contributed by atoms with Gasteiger partial charge in [0.15, 0.2) is 0 Å². The van der Waals surface area contributed by atoms with E-state index < -0.39 is 5.41 Å². The van der Waals surface area contributed by atoms with Crippen LogP contribution < -0.4 is 0 Å². The molecule has 0 aromatic carbocycles. The van der Waals surface area contributed by atoms with E-state index in [4.69, 9.17) is 4.74 Å². The van der Waals surface area contributed by atoms with Crippen molar-refractivity contribution in [3.63, 3.8) is 0 Å². The molecule has 4 atom stereocenters. The Morgan fingerprint density at radius 2 is 2.09 bits per heavy atom. The lowest BCUT2D eigenvalue weighted by molar-refractivity contribution is -0.150. The first-order chi connectivity index (χ1) is 10.4. The smallest absolute Gasteiger partial charge is 0.316 e. The topological polar surface area (TPSA) is 58.9 Å². The van der Waals surface area contributed by atoms with Gasteiger partial charge in [-0.2, -0.15) is 0 Å². The first-order valence-corrected chi connectivity index (χ1v) is 8.15. The number of ether oxygens (including phenoxy) is 1. The highest BCUT2D eigenvalue weighted by atomic mass is 16.6. The van der Waals surface area contributed by atoms with E-state index in [2.05, 4.69) is 25.6 Å². The van der Waals surface area contributed by atoms with Gasteiger partial charge in [-0.25, -0.2) is 0 Å². The number of carbonyl (C=O) groups excluding carboxylic acids is 1. The predicted octanol–water partition coefficient (Wildman–Crippen LogP) is 3.85. The molecule has 22 heavy (non-hydrogen) atoms. The normalized spacial score (nSPS) is 43.4. The lowest BCUT2D eigenvalue weighted by Crippen LogP contribution is -2.44. The summed E-state index contributed by atoms with van der Waals surface area (Å²) in [5, 5.41) is 12.9. The summed E-state index contributed by atoms with van der Waals surface area (Å²) in [5.41, 5.74) is 2.44. The quantitative estimate of drug-likeness (QED) is 0.365. The fourth-order valence-corrected chi connectivity index (χ4v) is 4.46. The summed E-state index contributed by atoms with van der Waals surface area (Å²) >= 11 is 0. The van der Waals surface area contributed by atoms with Crippen LogP contribution in [0.4, 0.5) is 0 Å². The number of cyclic esters (lactones) is 1. The van der Waals surface area contributed by atoms with Crippen LogP contribution >= 0.6 is 0 Å². The second-order valence-corrected chi connectivity index (χ2v) is 7.47. The molecule has 120 valence electrons. The van der Waals surface area contributed by atoms with Crippen LogP contribution in [0.25, 0.3) is 0 Å². The Morgan fingerprint density at radius 3 is 2.68 bits per heavy atom. The Bertz CT molecular complexity index is 591. The molecule has 0 aromatic rings. The zero-order chi connectivity index (χ0) is 16.1. The molecule has 4 nitrogen and oxygen atoms in total. The third-order valence-corrected chi connectivity index (χ3v) is 6.31. The first kappa shape index (κ1) is 15.3. The highest BCUT2D eigenvalue weighted by Gasteiger charge is 2.56. The van der Waals surface area contributed by atoms with E-state index >= 15 is 0 Å². The van der Waals surface area contributed by atoms with Crippen LogP contribution in [-0.2, 0) is 9.53 Å². The molecule has 0 spiro atoms.